The lowest BCUT2D eigenvalue weighted by molar-refractivity contribution is 0.239. The minimum atomic E-state index is -0.0980. The Morgan fingerprint density at radius 3 is 2.61 bits per heavy atom. The molecule has 0 bridgehead atoms. The van der Waals surface area contributed by atoms with Crippen LogP contribution < -0.4 is 20.3 Å². The number of hydrogen-bond donors (Lipinski definition) is 2. The summed E-state index contributed by atoms with van der Waals surface area (Å²) >= 11 is 0. The third kappa shape index (κ3) is 4.97. The molecule has 1 saturated heterocycles. The van der Waals surface area contributed by atoms with E-state index in [-0.39, 0.29) is 6.03 Å². The van der Waals surface area contributed by atoms with Gasteiger partial charge in [-0.2, -0.15) is 0 Å². The Morgan fingerprint density at radius 2 is 1.89 bits per heavy atom. The molecule has 5 nitrogen and oxygen atoms in total. The lowest BCUT2D eigenvalue weighted by Crippen LogP contribution is -2.38. The van der Waals surface area contributed by atoms with Gasteiger partial charge in [0.05, 0.1) is 7.11 Å². The summed E-state index contributed by atoms with van der Waals surface area (Å²) in [7, 11) is 1.69. The van der Waals surface area contributed by atoms with E-state index >= 15 is 0 Å². The second kappa shape index (κ2) is 9.00. The number of anilines is 1. The number of urea groups is 1. The van der Waals surface area contributed by atoms with Gasteiger partial charge in [0, 0.05) is 37.9 Å². The first-order valence-electron chi connectivity index (χ1n) is 9.93. The Labute approximate surface area is 168 Å². The van der Waals surface area contributed by atoms with E-state index < -0.39 is 0 Å². The van der Waals surface area contributed by atoms with Gasteiger partial charge in [-0.05, 0) is 61.9 Å². The van der Waals surface area contributed by atoms with E-state index in [2.05, 4.69) is 60.6 Å². The molecule has 0 radical (unpaired) electrons. The van der Waals surface area contributed by atoms with Gasteiger partial charge in [-0.1, -0.05) is 23.8 Å². The largest absolute Gasteiger partial charge is 0.497 e. The normalized spacial score (nSPS) is 16.1. The molecule has 2 N–H and O–H groups in total. The molecule has 3 rings (SSSR count). The lowest BCUT2D eigenvalue weighted by atomic mass is 10.00. The van der Waals surface area contributed by atoms with E-state index in [0.29, 0.717) is 19.0 Å². The minimum absolute atomic E-state index is 0.0980. The van der Waals surface area contributed by atoms with E-state index in [9.17, 15) is 4.79 Å². The number of hydrogen-bond acceptors (Lipinski definition) is 3. The van der Waals surface area contributed by atoms with Crippen molar-refractivity contribution in [2.24, 2.45) is 5.92 Å². The predicted octanol–water partition coefficient (Wildman–Crippen LogP) is 3.95. The summed E-state index contributed by atoms with van der Waals surface area (Å²) in [6.07, 6.45) is 1.08. The molecule has 1 fully saturated rings. The standard InChI is InChI=1S/C23H31N3O2/c1-16-10-17(2)22(18(3)11-16)14-25-23(27)24-13-19-8-9-26(15-19)20-6-5-7-21(12-20)28-4/h5-7,10-12,19H,8-9,13-15H2,1-4H3,(H2,24,25,27). The molecule has 5 heteroatoms. The second-order valence-corrected chi connectivity index (χ2v) is 7.74. The van der Waals surface area contributed by atoms with Crippen molar-refractivity contribution in [2.75, 3.05) is 31.6 Å². The van der Waals surface area contributed by atoms with Crippen molar-refractivity contribution < 1.29 is 9.53 Å². The quantitative estimate of drug-likeness (QED) is 0.797. The molecule has 0 spiro atoms. The summed E-state index contributed by atoms with van der Waals surface area (Å²) < 4.78 is 5.31. The lowest BCUT2D eigenvalue weighted by Gasteiger charge is -2.19. The topological polar surface area (TPSA) is 53.6 Å². The molecular formula is C23H31N3O2. The highest BCUT2D eigenvalue weighted by atomic mass is 16.5. The Hall–Kier alpha value is -2.69. The molecule has 1 unspecified atom stereocenters. The van der Waals surface area contributed by atoms with Crippen molar-refractivity contribution in [3.63, 3.8) is 0 Å². The van der Waals surface area contributed by atoms with Crippen LogP contribution in [0.3, 0.4) is 0 Å². The number of benzene rings is 2. The highest BCUT2D eigenvalue weighted by Gasteiger charge is 2.23. The smallest absolute Gasteiger partial charge is 0.315 e. The van der Waals surface area contributed by atoms with Gasteiger partial charge in [0.15, 0.2) is 0 Å². The van der Waals surface area contributed by atoms with Gasteiger partial charge >= 0.3 is 6.03 Å². The highest BCUT2D eigenvalue weighted by Crippen LogP contribution is 2.26. The zero-order chi connectivity index (χ0) is 20.1. The molecule has 2 amide bonds. The average molecular weight is 382 g/mol. The molecule has 0 saturated carbocycles. The van der Waals surface area contributed by atoms with Crippen LogP contribution in [0.25, 0.3) is 0 Å². The summed E-state index contributed by atoms with van der Waals surface area (Å²) in [6, 6.07) is 12.4. The fraction of sp³-hybridized carbons (Fsp3) is 0.435. The first-order valence-corrected chi connectivity index (χ1v) is 9.93. The zero-order valence-corrected chi connectivity index (χ0v) is 17.3. The van der Waals surface area contributed by atoms with Gasteiger partial charge in [-0.15, -0.1) is 0 Å². The van der Waals surface area contributed by atoms with Crippen molar-refractivity contribution in [1.82, 2.24) is 10.6 Å². The van der Waals surface area contributed by atoms with Crippen LogP contribution in [-0.2, 0) is 6.54 Å². The van der Waals surface area contributed by atoms with Crippen LogP contribution >= 0.6 is 0 Å². The molecule has 1 aliphatic heterocycles. The van der Waals surface area contributed by atoms with Gasteiger partial charge in [0.2, 0.25) is 0 Å². The van der Waals surface area contributed by atoms with E-state index in [1.165, 1.54) is 27.9 Å². The van der Waals surface area contributed by atoms with Crippen LogP contribution in [-0.4, -0.2) is 32.8 Å². The number of nitrogens with one attached hydrogen (secondary N) is 2. The maximum Gasteiger partial charge on any atom is 0.315 e. The van der Waals surface area contributed by atoms with Gasteiger partial charge in [0.25, 0.3) is 0 Å². The van der Waals surface area contributed by atoms with Gasteiger partial charge in [-0.3, -0.25) is 0 Å². The highest BCUT2D eigenvalue weighted by molar-refractivity contribution is 5.74. The number of methoxy groups -OCH3 is 1. The number of carbonyl (C=O) groups excluding carboxylic acids is 1. The predicted molar refractivity (Wildman–Crippen MR) is 114 cm³/mol. The van der Waals surface area contributed by atoms with Gasteiger partial charge in [0.1, 0.15) is 5.75 Å². The van der Waals surface area contributed by atoms with Crippen molar-refractivity contribution in [3.8, 4) is 5.75 Å². The molecular weight excluding hydrogens is 350 g/mol. The van der Waals surface area contributed by atoms with Crippen LogP contribution in [0.5, 0.6) is 5.75 Å². The molecule has 1 aliphatic rings. The molecule has 2 aromatic carbocycles. The van der Waals surface area contributed by atoms with Gasteiger partial charge < -0.3 is 20.3 Å². The first-order chi connectivity index (χ1) is 13.5. The maximum absolute atomic E-state index is 12.2. The SMILES string of the molecule is COc1cccc(N2CCC(CNC(=O)NCc3c(C)cc(C)cc3C)C2)c1. The Morgan fingerprint density at radius 1 is 1.14 bits per heavy atom. The molecule has 0 aliphatic carbocycles. The third-order valence-corrected chi connectivity index (χ3v) is 5.52. The summed E-state index contributed by atoms with van der Waals surface area (Å²) in [5.74, 6) is 1.33. The number of ether oxygens (including phenoxy) is 1. The average Bonchev–Trinajstić information content (AvgIpc) is 3.14. The molecule has 1 atom stereocenters. The number of carbonyl (C=O) groups is 1. The van der Waals surface area contributed by atoms with E-state index in [1.54, 1.807) is 7.11 Å². The van der Waals surface area contributed by atoms with Gasteiger partial charge in [-0.25, -0.2) is 4.79 Å². The monoisotopic (exact) mass is 381 g/mol. The molecule has 2 aromatic rings. The van der Waals surface area contributed by atoms with Crippen molar-refractivity contribution in [1.29, 1.82) is 0 Å². The fourth-order valence-electron chi connectivity index (χ4n) is 4.00. The van der Waals surface area contributed by atoms with Crippen molar-refractivity contribution in [2.45, 2.75) is 33.7 Å². The first kappa shape index (κ1) is 20.1. The van der Waals surface area contributed by atoms with Crippen LogP contribution in [0.15, 0.2) is 36.4 Å². The van der Waals surface area contributed by atoms with E-state index in [1.807, 2.05) is 12.1 Å². The van der Waals surface area contributed by atoms with Crippen LogP contribution in [0.4, 0.5) is 10.5 Å². The maximum atomic E-state index is 12.2. The number of aryl methyl sites for hydroxylation is 3. The number of rotatable bonds is 6. The molecule has 28 heavy (non-hydrogen) atoms. The van der Waals surface area contributed by atoms with Crippen molar-refractivity contribution in [3.05, 3.63) is 58.7 Å². The summed E-state index contributed by atoms with van der Waals surface area (Å²) in [4.78, 5) is 14.6. The number of amides is 2. The van der Waals surface area contributed by atoms with Crippen LogP contribution in [0.1, 0.15) is 28.7 Å². The summed E-state index contributed by atoms with van der Waals surface area (Å²) in [5, 5.41) is 6.04. The molecule has 150 valence electrons. The summed E-state index contributed by atoms with van der Waals surface area (Å²) in [5.41, 5.74) is 6.08. The van der Waals surface area contributed by atoms with Crippen LogP contribution in [0, 0.1) is 26.7 Å². The Balaban J connectivity index is 1.45. The third-order valence-electron chi connectivity index (χ3n) is 5.52. The number of nitrogens with zero attached hydrogens (tertiary/aromatic N) is 1. The van der Waals surface area contributed by atoms with E-state index in [4.69, 9.17) is 4.74 Å². The Kier molecular flexibility index (Phi) is 6.45. The fourth-order valence-corrected chi connectivity index (χ4v) is 4.00. The van der Waals surface area contributed by atoms with Crippen molar-refractivity contribution >= 4 is 11.7 Å². The second-order valence-electron chi connectivity index (χ2n) is 7.74. The summed E-state index contributed by atoms with van der Waals surface area (Å²) in [6.45, 7) is 9.50. The van der Waals surface area contributed by atoms with E-state index in [0.717, 1.165) is 25.3 Å². The van der Waals surface area contributed by atoms with Crippen LogP contribution in [0.2, 0.25) is 0 Å². The molecule has 0 aromatic heterocycles. The molecule has 1 heterocycles. The minimum Gasteiger partial charge on any atom is -0.497 e. The Bertz CT molecular complexity index is 811. The zero-order valence-electron chi connectivity index (χ0n) is 17.3.